The molecule has 0 fully saturated rings. The second-order valence-electron chi connectivity index (χ2n) is 4.48. The van der Waals surface area contributed by atoms with Crippen LogP contribution in [0.15, 0.2) is 4.52 Å². The van der Waals surface area contributed by atoms with E-state index < -0.39 is 5.60 Å². The highest BCUT2D eigenvalue weighted by Crippen LogP contribution is 2.31. The fourth-order valence-electron chi connectivity index (χ4n) is 2.05. The van der Waals surface area contributed by atoms with Gasteiger partial charge in [-0.3, -0.25) is 0 Å². The summed E-state index contributed by atoms with van der Waals surface area (Å²) in [4.78, 5) is 4.46. The average Bonchev–Trinajstić information content (AvgIpc) is 2.92. The Labute approximate surface area is 119 Å². The van der Waals surface area contributed by atoms with Crippen LogP contribution in [0.1, 0.15) is 57.8 Å². The van der Waals surface area contributed by atoms with E-state index in [1.54, 1.807) is 11.8 Å². The molecule has 0 amide bonds. The number of thioether (sulfide) groups is 1. The van der Waals surface area contributed by atoms with E-state index in [2.05, 4.69) is 30.2 Å². The molecule has 1 rings (SSSR count). The van der Waals surface area contributed by atoms with Gasteiger partial charge in [0.2, 0.25) is 11.7 Å². The lowest BCUT2D eigenvalue weighted by atomic mass is 9.96. The smallest absolute Gasteiger partial charge is 0.243 e. The van der Waals surface area contributed by atoms with Crippen molar-refractivity contribution in [1.29, 1.82) is 0 Å². The molecule has 5 nitrogen and oxygen atoms in total. The van der Waals surface area contributed by atoms with E-state index in [1.807, 2.05) is 6.92 Å². The Bertz CT molecular complexity index is 367. The van der Waals surface area contributed by atoms with E-state index in [-0.39, 0.29) is 6.04 Å². The molecule has 0 aliphatic heterocycles. The molecule has 1 aromatic heterocycles. The minimum Gasteiger partial charge on any atom is -0.367 e. The number of hydrogen-bond acceptors (Lipinski definition) is 6. The molecule has 0 bridgehead atoms. The topological polar surface area (TPSA) is 74.2 Å². The second-order valence-corrected chi connectivity index (χ2v) is 5.46. The van der Waals surface area contributed by atoms with Crippen LogP contribution in [0.5, 0.6) is 0 Å². The van der Waals surface area contributed by atoms with E-state index in [0.717, 1.165) is 25.0 Å². The first-order valence-electron chi connectivity index (χ1n) is 6.86. The average molecular weight is 287 g/mol. The molecule has 0 aliphatic carbocycles. The van der Waals surface area contributed by atoms with Gasteiger partial charge in [0.25, 0.3) is 0 Å². The number of ether oxygens (including phenoxy) is 1. The summed E-state index contributed by atoms with van der Waals surface area (Å²) in [6.07, 6.45) is 4.52. The quantitative estimate of drug-likeness (QED) is 0.752. The molecule has 0 spiro atoms. The predicted molar refractivity (Wildman–Crippen MR) is 78.1 cm³/mol. The molecule has 1 aromatic rings. The molecule has 6 heteroatoms. The normalized spacial score (nSPS) is 13.7. The summed E-state index contributed by atoms with van der Waals surface area (Å²) in [5.41, 5.74) is 5.60. The van der Waals surface area contributed by atoms with Crippen molar-refractivity contribution in [3.05, 3.63) is 11.7 Å². The highest BCUT2D eigenvalue weighted by Gasteiger charge is 2.35. The van der Waals surface area contributed by atoms with Crippen molar-refractivity contribution in [2.75, 3.05) is 18.6 Å². The van der Waals surface area contributed by atoms with Crippen LogP contribution in [0.25, 0.3) is 0 Å². The molecule has 0 aromatic carbocycles. The first kappa shape index (κ1) is 16.5. The van der Waals surface area contributed by atoms with E-state index in [4.69, 9.17) is 15.0 Å². The Hall–Kier alpha value is -0.590. The lowest BCUT2D eigenvalue weighted by Gasteiger charge is -2.27. The van der Waals surface area contributed by atoms with Crippen LogP contribution in [0.3, 0.4) is 0 Å². The number of hydrogen-bond donors (Lipinski definition) is 1. The largest absolute Gasteiger partial charge is 0.367 e. The third kappa shape index (κ3) is 3.94. The van der Waals surface area contributed by atoms with Crippen molar-refractivity contribution in [3.63, 3.8) is 0 Å². The van der Waals surface area contributed by atoms with Gasteiger partial charge in [0.05, 0.1) is 6.04 Å². The fourth-order valence-corrected chi connectivity index (χ4v) is 2.54. The third-order valence-electron chi connectivity index (χ3n) is 3.36. The van der Waals surface area contributed by atoms with Crippen LogP contribution >= 0.6 is 11.8 Å². The van der Waals surface area contributed by atoms with Gasteiger partial charge < -0.3 is 15.0 Å². The van der Waals surface area contributed by atoms with Crippen molar-refractivity contribution < 1.29 is 9.26 Å². The molecule has 1 heterocycles. The summed E-state index contributed by atoms with van der Waals surface area (Å²) in [5, 5.41) is 4.08. The summed E-state index contributed by atoms with van der Waals surface area (Å²) in [6, 6.07) is -0.193. The Balaban J connectivity index is 2.86. The maximum Gasteiger partial charge on any atom is 0.243 e. The standard InChI is InChI=1S/C13H25N3O2S/c1-5-13(6-2,17-7-3)12-15-11(18-16-12)10(14)8-9-19-4/h10H,5-9,14H2,1-4H3. The Morgan fingerprint density at radius 2 is 2.05 bits per heavy atom. The van der Waals surface area contributed by atoms with Gasteiger partial charge in [0, 0.05) is 6.61 Å². The summed E-state index contributed by atoms with van der Waals surface area (Å²) < 4.78 is 11.2. The molecule has 0 saturated carbocycles. The molecular weight excluding hydrogens is 262 g/mol. The van der Waals surface area contributed by atoms with Crippen LogP contribution in [-0.4, -0.2) is 28.8 Å². The van der Waals surface area contributed by atoms with Crippen LogP contribution in [-0.2, 0) is 10.3 Å². The summed E-state index contributed by atoms with van der Waals surface area (Å²) >= 11 is 1.76. The molecule has 1 atom stereocenters. The predicted octanol–water partition coefficient (Wildman–Crippen LogP) is 2.87. The van der Waals surface area contributed by atoms with E-state index >= 15 is 0 Å². The first-order chi connectivity index (χ1) is 9.13. The minimum atomic E-state index is -0.449. The maximum absolute atomic E-state index is 6.04. The zero-order valence-corrected chi connectivity index (χ0v) is 13.1. The van der Waals surface area contributed by atoms with Crippen molar-refractivity contribution >= 4 is 11.8 Å². The third-order valence-corrected chi connectivity index (χ3v) is 4.01. The highest BCUT2D eigenvalue weighted by molar-refractivity contribution is 7.98. The highest BCUT2D eigenvalue weighted by atomic mass is 32.2. The van der Waals surface area contributed by atoms with Crippen LogP contribution in [0.2, 0.25) is 0 Å². The van der Waals surface area contributed by atoms with Crippen LogP contribution < -0.4 is 5.73 Å². The maximum atomic E-state index is 6.04. The fraction of sp³-hybridized carbons (Fsp3) is 0.846. The van der Waals surface area contributed by atoms with Gasteiger partial charge >= 0.3 is 0 Å². The summed E-state index contributed by atoms with van der Waals surface area (Å²) in [5.74, 6) is 2.11. The lowest BCUT2D eigenvalue weighted by molar-refractivity contribution is -0.0583. The van der Waals surface area contributed by atoms with E-state index in [1.165, 1.54) is 0 Å². The molecule has 0 aliphatic rings. The van der Waals surface area contributed by atoms with Gasteiger partial charge in [-0.05, 0) is 38.2 Å². The molecule has 0 radical (unpaired) electrons. The number of nitrogens with zero attached hydrogens (tertiary/aromatic N) is 2. The van der Waals surface area contributed by atoms with E-state index in [0.29, 0.717) is 18.3 Å². The summed E-state index contributed by atoms with van der Waals surface area (Å²) in [6.45, 7) is 6.75. The summed E-state index contributed by atoms with van der Waals surface area (Å²) in [7, 11) is 0. The van der Waals surface area contributed by atoms with Crippen LogP contribution in [0.4, 0.5) is 0 Å². The molecule has 0 saturated heterocycles. The molecule has 1 unspecified atom stereocenters. The monoisotopic (exact) mass is 287 g/mol. The van der Waals surface area contributed by atoms with Crippen molar-refractivity contribution in [2.45, 2.75) is 51.7 Å². The second kappa shape index (κ2) is 7.87. The lowest BCUT2D eigenvalue weighted by Crippen LogP contribution is -2.30. The zero-order valence-electron chi connectivity index (χ0n) is 12.3. The van der Waals surface area contributed by atoms with Crippen molar-refractivity contribution in [1.82, 2.24) is 10.1 Å². The number of nitrogens with two attached hydrogens (primary N) is 1. The van der Waals surface area contributed by atoms with Crippen molar-refractivity contribution in [2.24, 2.45) is 5.73 Å². The van der Waals surface area contributed by atoms with Crippen LogP contribution in [0, 0.1) is 0 Å². The number of rotatable bonds is 9. The number of aromatic nitrogens is 2. The Morgan fingerprint density at radius 1 is 1.37 bits per heavy atom. The Morgan fingerprint density at radius 3 is 2.58 bits per heavy atom. The minimum absolute atomic E-state index is 0.193. The molecule has 110 valence electrons. The van der Waals surface area contributed by atoms with Crippen molar-refractivity contribution in [3.8, 4) is 0 Å². The molecule has 2 N–H and O–H groups in total. The molecular formula is C13H25N3O2S. The van der Waals surface area contributed by atoms with Gasteiger partial charge in [0.15, 0.2) is 0 Å². The Kier molecular flexibility index (Phi) is 6.82. The van der Waals surface area contributed by atoms with Gasteiger partial charge in [-0.1, -0.05) is 19.0 Å². The first-order valence-corrected chi connectivity index (χ1v) is 8.25. The van der Waals surface area contributed by atoms with Gasteiger partial charge in [0.1, 0.15) is 5.60 Å². The van der Waals surface area contributed by atoms with Gasteiger partial charge in [-0.2, -0.15) is 16.7 Å². The molecule has 19 heavy (non-hydrogen) atoms. The zero-order chi connectivity index (χ0) is 14.3. The SMILES string of the molecule is CCOC(CC)(CC)c1noc(C(N)CCSC)n1. The van der Waals surface area contributed by atoms with E-state index in [9.17, 15) is 0 Å². The van der Waals surface area contributed by atoms with Gasteiger partial charge in [-0.25, -0.2) is 0 Å². The van der Waals surface area contributed by atoms with Gasteiger partial charge in [-0.15, -0.1) is 0 Å².